The standard InChI is InChI=1S/C18H26N2O3.ClH/c1-22-9-2-10-23-15-6-3-13(4-7-15)18(21)20-11-14-5-8-17(19)16(14)12-20;/h3-4,6-7,14,16-17H,2,5,8-12,19H2,1H3;1H. The summed E-state index contributed by atoms with van der Waals surface area (Å²) in [7, 11) is 1.68. The van der Waals surface area contributed by atoms with Gasteiger partial charge in [-0.05, 0) is 48.9 Å². The van der Waals surface area contributed by atoms with Gasteiger partial charge in [0.05, 0.1) is 6.61 Å². The van der Waals surface area contributed by atoms with Crippen molar-refractivity contribution in [3.8, 4) is 5.75 Å². The molecular weight excluding hydrogens is 328 g/mol. The van der Waals surface area contributed by atoms with Crippen LogP contribution in [0.15, 0.2) is 24.3 Å². The highest BCUT2D eigenvalue weighted by Gasteiger charge is 2.42. The van der Waals surface area contributed by atoms with Gasteiger partial charge < -0.3 is 20.1 Å². The molecule has 1 heterocycles. The molecule has 1 saturated heterocycles. The van der Waals surface area contributed by atoms with E-state index in [9.17, 15) is 4.79 Å². The van der Waals surface area contributed by atoms with Crippen LogP contribution in [0.3, 0.4) is 0 Å². The molecule has 2 aliphatic rings. The molecule has 1 aromatic carbocycles. The predicted molar refractivity (Wildman–Crippen MR) is 95.8 cm³/mol. The van der Waals surface area contributed by atoms with E-state index in [-0.39, 0.29) is 24.4 Å². The molecule has 134 valence electrons. The van der Waals surface area contributed by atoms with Gasteiger partial charge >= 0.3 is 0 Å². The van der Waals surface area contributed by atoms with Gasteiger partial charge in [0.2, 0.25) is 0 Å². The number of amides is 1. The molecule has 5 nitrogen and oxygen atoms in total. The van der Waals surface area contributed by atoms with E-state index in [0.29, 0.717) is 25.0 Å². The number of methoxy groups -OCH3 is 1. The number of carbonyl (C=O) groups excluding carboxylic acids is 1. The summed E-state index contributed by atoms with van der Waals surface area (Å²) in [5, 5.41) is 0. The van der Waals surface area contributed by atoms with Crippen LogP contribution < -0.4 is 10.5 Å². The van der Waals surface area contributed by atoms with Crippen molar-refractivity contribution in [2.45, 2.75) is 25.3 Å². The molecular formula is C18H27ClN2O3. The van der Waals surface area contributed by atoms with Crippen LogP contribution in [-0.2, 0) is 4.74 Å². The van der Waals surface area contributed by atoms with Crippen molar-refractivity contribution >= 4 is 18.3 Å². The molecule has 3 atom stereocenters. The molecule has 2 fully saturated rings. The third kappa shape index (κ3) is 4.21. The first-order valence-electron chi connectivity index (χ1n) is 8.45. The number of hydrogen-bond donors (Lipinski definition) is 1. The summed E-state index contributed by atoms with van der Waals surface area (Å²) in [5.74, 6) is 1.98. The zero-order chi connectivity index (χ0) is 16.2. The molecule has 1 aromatic rings. The maximum atomic E-state index is 12.6. The van der Waals surface area contributed by atoms with Crippen LogP contribution in [0.5, 0.6) is 5.75 Å². The third-order valence-corrected chi connectivity index (χ3v) is 5.06. The van der Waals surface area contributed by atoms with Crippen molar-refractivity contribution in [3.63, 3.8) is 0 Å². The van der Waals surface area contributed by atoms with Gasteiger partial charge in [0.1, 0.15) is 5.75 Å². The Morgan fingerprint density at radius 2 is 1.96 bits per heavy atom. The minimum absolute atomic E-state index is 0. The molecule has 2 N–H and O–H groups in total. The largest absolute Gasteiger partial charge is 0.494 e. The van der Waals surface area contributed by atoms with E-state index in [1.54, 1.807) is 7.11 Å². The molecule has 0 radical (unpaired) electrons. The molecule has 0 spiro atoms. The Balaban J connectivity index is 0.00000208. The molecule has 3 rings (SSSR count). The highest BCUT2D eigenvalue weighted by Crippen LogP contribution is 2.37. The number of hydrogen-bond acceptors (Lipinski definition) is 4. The minimum atomic E-state index is 0. The van der Waals surface area contributed by atoms with Gasteiger partial charge in [-0.1, -0.05) is 0 Å². The Morgan fingerprint density at radius 1 is 1.21 bits per heavy atom. The Hall–Kier alpha value is -1.30. The van der Waals surface area contributed by atoms with Gasteiger partial charge in [-0.25, -0.2) is 0 Å². The average Bonchev–Trinajstić information content (AvgIpc) is 3.14. The Labute approximate surface area is 149 Å². The maximum absolute atomic E-state index is 12.6. The lowest BCUT2D eigenvalue weighted by molar-refractivity contribution is 0.0779. The molecule has 0 bridgehead atoms. The number of nitrogens with zero attached hydrogens (tertiary/aromatic N) is 1. The first-order chi connectivity index (χ1) is 11.2. The number of carbonyl (C=O) groups is 1. The topological polar surface area (TPSA) is 64.8 Å². The van der Waals surface area contributed by atoms with Crippen molar-refractivity contribution in [1.29, 1.82) is 0 Å². The van der Waals surface area contributed by atoms with E-state index in [2.05, 4.69) is 0 Å². The molecule has 24 heavy (non-hydrogen) atoms. The van der Waals surface area contributed by atoms with Crippen LogP contribution in [-0.4, -0.2) is 50.3 Å². The molecule has 1 aliphatic heterocycles. The van der Waals surface area contributed by atoms with Gasteiger partial charge in [-0.3, -0.25) is 4.79 Å². The van der Waals surface area contributed by atoms with E-state index >= 15 is 0 Å². The number of nitrogens with two attached hydrogens (primary N) is 1. The Morgan fingerprint density at radius 3 is 2.62 bits per heavy atom. The van der Waals surface area contributed by atoms with Crippen LogP contribution in [0.1, 0.15) is 29.6 Å². The third-order valence-electron chi connectivity index (χ3n) is 5.06. The first-order valence-corrected chi connectivity index (χ1v) is 8.45. The molecule has 1 aliphatic carbocycles. The summed E-state index contributed by atoms with van der Waals surface area (Å²) in [6.45, 7) is 2.97. The summed E-state index contributed by atoms with van der Waals surface area (Å²) in [6, 6.07) is 7.69. The number of ether oxygens (including phenoxy) is 2. The van der Waals surface area contributed by atoms with E-state index in [1.807, 2.05) is 29.2 Å². The maximum Gasteiger partial charge on any atom is 0.253 e. The molecule has 1 amide bonds. The average molecular weight is 355 g/mol. The SMILES string of the molecule is COCCCOc1ccc(C(=O)N2CC3CCC(N)C3C2)cc1.Cl. The van der Waals surface area contributed by atoms with Gasteiger partial charge in [0, 0.05) is 44.8 Å². The highest BCUT2D eigenvalue weighted by molar-refractivity contribution is 5.94. The van der Waals surface area contributed by atoms with Gasteiger partial charge in [0.25, 0.3) is 5.91 Å². The Kier molecular flexibility index (Phi) is 6.90. The second-order valence-electron chi connectivity index (χ2n) is 6.59. The lowest BCUT2D eigenvalue weighted by Gasteiger charge is -2.19. The van der Waals surface area contributed by atoms with Crippen LogP contribution in [0.4, 0.5) is 0 Å². The van der Waals surface area contributed by atoms with E-state index in [4.69, 9.17) is 15.2 Å². The minimum Gasteiger partial charge on any atom is -0.494 e. The second-order valence-corrected chi connectivity index (χ2v) is 6.59. The fourth-order valence-corrected chi connectivity index (χ4v) is 3.74. The van der Waals surface area contributed by atoms with E-state index < -0.39 is 0 Å². The second kappa shape index (κ2) is 8.70. The van der Waals surface area contributed by atoms with Crippen LogP contribution >= 0.6 is 12.4 Å². The summed E-state index contributed by atoms with van der Waals surface area (Å²) >= 11 is 0. The molecule has 0 aromatic heterocycles. The lowest BCUT2D eigenvalue weighted by Crippen LogP contribution is -2.33. The fraction of sp³-hybridized carbons (Fsp3) is 0.611. The van der Waals surface area contributed by atoms with E-state index in [1.165, 1.54) is 0 Å². The lowest BCUT2D eigenvalue weighted by atomic mass is 9.98. The number of halogens is 1. The van der Waals surface area contributed by atoms with Gasteiger partial charge in [-0.15, -0.1) is 12.4 Å². The van der Waals surface area contributed by atoms with Gasteiger partial charge in [0.15, 0.2) is 0 Å². The van der Waals surface area contributed by atoms with Crippen molar-refractivity contribution in [1.82, 2.24) is 4.90 Å². The summed E-state index contributed by atoms with van der Waals surface area (Å²) in [6.07, 6.45) is 3.12. The first kappa shape index (κ1) is 19.0. The van der Waals surface area contributed by atoms with Crippen molar-refractivity contribution < 1.29 is 14.3 Å². The normalized spacial score (nSPS) is 25.2. The number of fused-ring (bicyclic) bond motifs is 1. The zero-order valence-corrected chi connectivity index (χ0v) is 15.0. The summed E-state index contributed by atoms with van der Waals surface area (Å²) < 4.78 is 10.6. The quantitative estimate of drug-likeness (QED) is 0.796. The number of rotatable bonds is 6. The highest BCUT2D eigenvalue weighted by atomic mass is 35.5. The van der Waals surface area contributed by atoms with Gasteiger partial charge in [-0.2, -0.15) is 0 Å². The monoisotopic (exact) mass is 354 g/mol. The molecule has 3 unspecified atom stereocenters. The van der Waals surface area contributed by atoms with Crippen LogP contribution in [0, 0.1) is 11.8 Å². The molecule has 6 heteroatoms. The van der Waals surface area contributed by atoms with E-state index in [0.717, 1.165) is 43.7 Å². The van der Waals surface area contributed by atoms with Crippen LogP contribution in [0.25, 0.3) is 0 Å². The fourth-order valence-electron chi connectivity index (χ4n) is 3.74. The predicted octanol–water partition coefficient (Wildman–Crippen LogP) is 2.33. The Bertz CT molecular complexity index is 538. The summed E-state index contributed by atoms with van der Waals surface area (Å²) in [4.78, 5) is 14.6. The zero-order valence-electron chi connectivity index (χ0n) is 14.1. The summed E-state index contributed by atoms with van der Waals surface area (Å²) in [5.41, 5.74) is 6.87. The van der Waals surface area contributed by atoms with Crippen molar-refractivity contribution in [2.75, 3.05) is 33.4 Å². The number of likely N-dealkylation sites (tertiary alicyclic amines) is 1. The number of benzene rings is 1. The van der Waals surface area contributed by atoms with Crippen molar-refractivity contribution in [3.05, 3.63) is 29.8 Å². The molecule has 1 saturated carbocycles. The van der Waals surface area contributed by atoms with Crippen molar-refractivity contribution in [2.24, 2.45) is 17.6 Å². The smallest absolute Gasteiger partial charge is 0.253 e. The van der Waals surface area contributed by atoms with Crippen LogP contribution in [0.2, 0.25) is 0 Å².